The van der Waals surface area contributed by atoms with E-state index in [-0.39, 0.29) is 21.9 Å². The molecule has 3 aromatic rings. The number of carbonyl (C=O) groups is 3. The molecule has 0 saturated carbocycles. The Bertz CT molecular complexity index is 1170. The van der Waals surface area contributed by atoms with Gasteiger partial charge < -0.3 is 14.2 Å². The fourth-order valence-electron chi connectivity index (χ4n) is 3.42. The molecule has 0 radical (unpaired) electrons. The van der Waals surface area contributed by atoms with Crippen LogP contribution < -0.4 is 19.1 Å². The van der Waals surface area contributed by atoms with Crippen LogP contribution in [0.1, 0.15) is 36.6 Å². The minimum absolute atomic E-state index is 0.248. The molecular weight excluding hydrogens is 533 g/mol. The van der Waals surface area contributed by atoms with Crippen molar-refractivity contribution in [1.82, 2.24) is 0 Å². The van der Waals surface area contributed by atoms with Crippen molar-refractivity contribution in [3.63, 3.8) is 0 Å². The fraction of sp³-hybridized carbons (Fsp3) is 0.136. The molecule has 4 rings (SSSR count). The summed E-state index contributed by atoms with van der Waals surface area (Å²) >= 11 is 3.27. The van der Waals surface area contributed by atoms with E-state index in [2.05, 4.69) is 22.6 Å². The standard InChI is InChI=1S/C22H16INO6S/c1-28-15-8-11(9-16(29-2)19(15)30-3)18(25)14-10-17(23)31-22(14)24-20(26)12-6-4-5-7-13(12)21(24)27/h4-10H,1-3H3. The highest BCUT2D eigenvalue weighted by molar-refractivity contribution is 14.1. The average Bonchev–Trinajstić information content (AvgIpc) is 3.29. The molecule has 0 aliphatic carbocycles. The lowest BCUT2D eigenvalue weighted by atomic mass is 10.0. The summed E-state index contributed by atoms with van der Waals surface area (Å²) in [5, 5.41) is 0.286. The first-order valence-corrected chi connectivity index (χ1v) is 10.9. The Morgan fingerprint density at radius 1 is 0.903 bits per heavy atom. The monoisotopic (exact) mass is 549 g/mol. The molecule has 0 atom stereocenters. The lowest BCUT2D eigenvalue weighted by molar-refractivity contribution is 0.0927. The quantitative estimate of drug-likeness (QED) is 0.258. The Morgan fingerprint density at radius 3 is 1.94 bits per heavy atom. The maximum atomic E-state index is 13.5. The van der Waals surface area contributed by atoms with E-state index in [1.807, 2.05) is 0 Å². The second-order valence-electron chi connectivity index (χ2n) is 6.50. The van der Waals surface area contributed by atoms with Crippen LogP contribution >= 0.6 is 33.9 Å². The molecule has 158 valence electrons. The summed E-state index contributed by atoms with van der Waals surface area (Å²) in [6.07, 6.45) is 0. The van der Waals surface area contributed by atoms with E-state index in [1.165, 1.54) is 32.7 Å². The van der Waals surface area contributed by atoms with Gasteiger partial charge in [-0.25, -0.2) is 4.90 Å². The molecule has 0 spiro atoms. The number of imide groups is 1. The molecule has 0 saturated heterocycles. The van der Waals surface area contributed by atoms with Crippen LogP contribution in [0.2, 0.25) is 0 Å². The molecule has 1 aromatic heterocycles. The Labute approximate surface area is 195 Å². The van der Waals surface area contributed by atoms with Crippen molar-refractivity contribution in [2.75, 3.05) is 26.2 Å². The Morgan fingerprint density at radius 2 is 1.45 bits per heavy atom. The second-order valence-corrected chi connectivity index (χ2v) is 9.43. The molecule has 0 bridgehead atoms. The van der Waals surface area contributed by atoms with Crippen molar-refractivity contribution in [2.24, 2.45) is 0 Å². The van der Waals surface area contributed by atoms with Gasteiger partial charge in [0, 0.05) is 5.56 Å². The van der Waals surface area contributed by atoms with Gasteiger partial charge in [-0.05, 0) is 52.9 Å². The van der Waals surface area contributed by atoms with Crippen LogP contribution in [0.25, 0.3) is 0 Å². The maximum Gasteiger partial charge on any atom is 0.266 e. The number of carbonyl (C=O) groups excluding carboxylic acids is 3. The van der Waals surface area contributed by atoms with Crippen LogP contribution in [0.15, 0.2) is 42.5 Å². The second kappa shape index (κ2) is 8.31. The molecule has 0 fully saturated rings. The van der Waals surface area contributed by atoms with Crippen molar-refractivity contribution < 1.29 is 28.6 Å². The minimum atomic E-state index is -0.446. The number of methoxy groups -OCH3 is 3. The van der Waals surface area contributed by atoms with E-state index >= 15 is 0 Å². The SMILES string of the molecule is COc1cc(C(=O)c2cc(I)sc2N2C(=O)c3ccccc3C2=O)cc(OC)c1OC. The van der Waals surface area contributed by atoms with Crippen molar-refractivity contribution in [3.05, 3.63) is 67.6 Å². The minimum Gasteiger partial charge on any atom is -0.493 e. The third-order valence-electron chi connectivity index (χ3n) is 4.85. The van der Waals surface area contributed by atoms with Crippen LogP contribution in [0.5, 0.6) is 17.2 Å². The zero-order valence-electron chi connectivity index (χ0n) is 16.7. The summed E-state index contributed by atoms with van der Waals surface area (Å²) in [7, 11) is 4.40. The molecule has 31 heavy (non-hydrogen) atoms. The molecule has 9 heteroatoms. The van der Waals surface area contributed by atoms with Gasteiger partial charge in [0.05, 0.1) is 40.9 Å². The summed E-state index contributed by atoms with van der Waals surface area (Å²) in [4.78, 5) is 40.4. The average molecular weight is 549 g/mol. The number of benzene rings is 2. The molecule has 0 N–H and O–H groups in total. The summed E-state index contributed by atoms with van der Waals surface area (Å²) in [6, 6.07) is 11.4. The number of rotatable bonds is 6. The zero-order chi connectivity index (χ0) is 22.3. The van der Waals surface area contributed by atoms with Gasteiger partial charge in [-0.1, -0.05) is 12.1 Å². The van der Waals surface area contributed by atoms with Crippen molar-refractivity contribution >= 4 is 56.5 Å². The van der Waals surface area contributed by atoms with Crippen molar-refractivity contribution in [3.8, 4) is 17.2 Å². The molecule has 7 nitrogen and oxygen atoms in total. The smallest absolute Gasteiger partial charge is 0.266 e. The molecule has 1 aliphatic heterocycles. The van der Waals surface area contributed by atoms with Crippen LogP contribution in [-0.2, 0) is 0 Å². The first-order valence-electron chi connectivity index (χ1n) is 9.03. The first kappa shape index (κ1) is 21.3. The molecule has 2 aromatic carbocycles. The number of hydrogen-bond donors (Lipinski definition) is 0. The Balaban J connectivity index is 1.81. The van der Waals surface area contributed by atoms with Gasteiger partial charge >= 0.3 is 0 Å². The molecule has 1 aliphatic rings. The van der Waals surface area contributed by atoms with Gasteiger partial charge in [0.1, 0.15) is 5.00 Å². The van der Waals surface area contributed by atoms with Crippen LogP contribution in [0.4, 0.5) is 5.00 Å². The van der Waals surface area contributed by atoms with E-state index in [0.717, 1.165) is 7.78 Å². The Hall–Kier alpha value is -2.92. The molecular formula is C22H16INO6S. The summed E-state index contributed by atoms with van der Waals surface area (Å²) < 4.78 is 16.8. The van der Waals surface area contributed by atoms with E-state index in [9.17, 15) is 14.4 Å². The highest BCUT2D eigenvalue weighted by atomic mass is 127. The van der Waals surface area contributed by atoms with Crippen molar-refractivity contribution in [2.45, 2.75) is 0 Å². The lowest BCUT2D eigenvalue weighted by Gasteiger charge is -2.15. The number of halogens is 1. The van der Waals surface area contributed by atoms with Gasteiger partial charge in [-0.15, -0.1) is 11.3 Å². The predicted molar refractivity (Wildman–Crippen MR) is 124 cm³/mol. The number of ketones is 1. The van der Waals surface area contributed by atoms with E-state index in [1.54, 1.807) is 42.5 Å². The van der Waals surface area contributed by atoms with Gasteiger partial charge in [-0.3, -0.25) is 14.4 Å². The summed E-state index contributed by atoms with van der Waals surface area (Å²) in [5.41, 5.74) is 1.17. The molecule has 2 heterocycles. The van der Waals surface area contributed by atoms with Gasteiger partial charge in [0.25, 0.3) is 11.8 Å². The first-order chi connectivity index (χ1) is 14.9. The normalized spacial score (nSPS) is 12.7. The number of anilines is 1. The maximum absolute atomic E-state index is 13.5. The number of fused-ring (bicyclic) bond motifs is 1. The predicted octanol–water partition coefficient (Wildman–Crippen LogP) is 4.41. The fourth-order valence-corrected chi connectivity index (χ4v) is 5.24. The van der Waals surface area contributed by atoms with Crippen LogP contribution in [0, 0.1) is 2.88 Å². The van der Waals surface area contributed by atoms with Gasteiger partial charge in [0.15, 0.2) is 17.3 Å². The van der Waals surface area contributed by atoms with E-state index in [4.69, 9.17) is 14.2 Å². The van der Waals surface area contributed by atoms with Gasteiger partial charge in [-0.2, -0.15) is 0 Å². The number of thiophene rings is 1. The highest BCUT2D eigenvalue weighted by Crippen LogP contribution is 2.42. The van der Waals surface area contributed by atoms with E-state index in [0.29, 0.717) is 28.4 Å². The van der Waals surface area contributed by atoms with Crippen LogP contribution in [0.3, 0.4) is 0 Å². The largest absolute Gasteiger partial charge is 0.493 e. The van der Waals surface area contributed by atoms with Crippen molar-refractivity contribution in [1.29, 1.82) is 0 Å². The topological polar surface area (TPSA) is 82.1 Å². The summed E-state index contributed by atoms with van der Waals surface area (Å²) in [6.45, 7) is 0. The number of amides is 2. The van der Waals surface area contributed by atoms with Gasteiger partial charge in [0.2, 0.25) is 5.75 Å². The number of ether oxygens (including phenoxy) is 3. The molecule has 2 amide bonds. The Kier molecular flexibility index (Phi) is 5.71. The molecule has 0 unspecified atom stereocenters. The third-order valence-corrected chi connectivity index (χ3v) is 6.73. The summed E-state index contributed by atoms with van der Waals surface area (Å²) in [5.74, 6) is -0.239. The van der Waals surface area contributed by atoms with Crippen LogP contribution in [-0.4, -0.2) is 38.9 Å². The lowest BCUT2D eigenvalue weighted by Crippen LogP contribution is -2.29. The number of hydrogen-bond acceptors (Lipinski definition) is 7. The van der Waals surface area contributed by atoms with E-state index < -0.39 is 11.8 Å². The third kappa shape index (κ3) is 3.47. The number of nitrogens with zero attached hydrogens (tertiary/aromatic N) is 1. The zero-order valence-corrected chi connectivity index (χ0v) is 19.7. The highest BCUT2D eigenvalue weighted by Gasteiger charge is 2.39.